The molecular weight excluding hydrogens is 409 g/mol. The minimum atomic E-state index is -9.84. The van der Waals surface area contributed by atoms with Gasteiger partial charge in [0.25, 0.3) is 0 Å². The van der Waals surface area contributed by atoms with Crippen LogP contribution < -0.4 is 5.19 Å². The van der Waals surface area contributed by atoms with Crippen LogP contribution in [0.3, 0.4) is 0 Å². The van der Waals surface area contributed by atoms with Crippen molar-refractivity contribution >= 4 is 23.5 Å². The van der Waals surface area contributed by atoms with E-state index in [2.05, 4.69) is 0 Å². The van der Waals surface area contributed by atoms with Gasteiger partial charge in [-0.2, -0.15) is 0 Å². The fraction of sp³-hybridized carbons (Fsp3) is 0.500. The molecule has 0 spiro atoms. The van der Waals surface area contributed by atoms with Crippen LogP contribution in [0.2, 0.25) is 16.6 Å². The van der Waals surface area contributed by atoms with Crippen LogP contribution in [0.25, 0.3) is 0 Å². The smallest absolute Gasteiger partial charge is 0.311 e. The predicted octanol–water partition coefficient (Wildman–Crippen LogP) is 8.08. The van der Waals surface area contributed by atoms with Gasteiger partial charge in [-0.1, -0.05) is 91.3 Å². The first kappa shape index (κ1) is 23.0. The molecule has 0 radical (unpaired) electrons. The van der Waals surface area contributed by atoms with E-state index >= 15 is 0 Å². The fourth-order valence-electron chi connectivity index (χ4n) is 4.94. The van der Waals surface area contributed by atoms with Crippen molar-refractivity contribution in [3.63, 3.8) is 0 Å². The molecule has 1 aromatic heterocycles. The van der Waals surface area contributed by atoms with Gasteiger partial charge in [-0.15, -0.1) is 0 Å². The van der Waals surface area contributed by atoms with E-state index in [-0.39, 0.29) is 28.4 Å². The molecule has 0 N–H and O–H groups in total. The van der Waals surface area contributed by atoms with E-state index in [4.69, 9.17) is 0 Å². The van der Waals surface area contributed by atoms with Gasteiger partial charge in [0, 0.05) is 18.9 Å². The summed E-state index contributed by atoms with van der Waals surface area (Å²) in [5.74, 6) is 0. The van der Waals surface area contributed by atoms with E-state index in [0.717, 1.165) is 5.56 Å². The molecule has 0 aliphatic rings. The van der Waals surface area contributed by atoms with E-state index in [0.29, 0.717) is 6.20 Å². The highest BCUT2D eigenvalue weighted by Gasteiger charge is 2.68. The second kappa shape index (κ2) is 6.62. The maximum Gasteiger partial charge on any atom is 0.311 e. The Kier molecular flexibility index (Phi) is 5.44. The van der Waals surface area contributed by atoms with Crippen molar-refractivity contribution in [1.82, 2.24) is 4.57 Å². The van der Waals surface area contributed by atoms with Crippen molar-refractivity contribution in [2.24, 2.45) is 0 Å². The Morgan fingerprint density at radius 1 is 0.786 bits per heavy atom. The van der Waals surface area contributed by atoms with Crippen LogP contribution in [0, 0.1) is 0 Å². The van der Waals surface area contributed by atoms with Crippen LogP contribution in [-0.4, -0.2) is 12.6 Å². The van der Waals surface area contributed by atoms with Gasteiger partial charge < -0.3 is 4.57 Å². The van der Waals surface area contributed by atoms with E-state index < -0.39 is 23.2 Å². The Balaban J connectivity index is 2.81. The first-order valence-corrected chi connectivity index (χ1v) is 13.7. The quantitative estimate of drug-likeness (QED) is 0.303. The Morgan fingerprint density at radius 3 is 1.64 bits per heavy atom. The van der Waals surface area contributed by atoms with Crippen LogP contribution in [-0.2, 0) is 6.54 Å². The monoisotopic (exact) mass is 439 g/mol. The Labute approximate surface area is 165 Å². The van der Waals surface area contributed by atoms with Crippen molar-refractivity contribution in [2.45, 2.75) is 69.6 Å². The number of benzene rings is 1. The molecule has 0 unspecified atom stereocenters. The summed E-state index contributed by atoms with van der Waals surface area (Å²) >= 11 is 0. The summed E-state index contributed by atoms with van der Waals surface area (Å²) in [7, 11) is -12.8. The minimum Gasteiger partial charge on any atom is -0.349 e. The van der Waals surface area contributed by atoms with Crippen molar-refractivity contribution in [1.29, 1.82) is 0 Å². The first-order chi connectivity index (χ1) is 12.5. The first-order valence-electron chi connectivity index (χ1n) is 9.48. The van der Waals surface area contributed by atoms with E-state index in [9.17, 15) is 19.4 Å². The summed E-state index contributed by atoms with van der Waals surface area (Å²) in [6.07, 6.45) is 1.99. The van der Waals surface area contributed by atoms with Gasteiger partial charge in [-0.25, -0.2) is 0 Å². The summed E-state index contributed by atoms with van der Waals surface area (Å²) in [6.45, 7) is 11.4. The highest BCUT2D eigenvalue weighted by atomic mass is 32.5. The molecule has 0 aliphatic carbocycles. The zero-order valence-electron chi connectivity index (χ0n) is 17.2. The average Bonchev–Trinajstić information content (AvgIpc) is 2.91. The van der Waals surface area contributed by atoms with Crippen molar-refractivity contribution < 1.29 is 19.4 Å². The Morgan fingerprint density at radius 2 is 1.25 bits per heavy atom. The van der Waals surface area contributed by atoms with Crippen molar-refractivity contribution in [3.8, 4) is 0 Å². The Hall–Kier alpha value is -1.28. The van der Waals surface area contributed by atoms with Crippen LogP contribution >= 0.6 is 10.2 Å². The number of nitrogens with zero attached hydrogens (tertiary/aromatic N) is 1. The summed E-state index contributed by atoms with van der Waals surface area (Å²) in [6, 6.07) is 8.91. The lowest BCUT2D eigenvalue weighted by molar-refractivity contribution is 0.364. The third-order valence-corrected chi connectivity index (χ3v) is 14.2. The molecule has 1 nitrogen and oxygen atoms in total. The normalized spacial score (nSPS) is 15.9. The van der Waals surface area contributed by atoms with Crippen molar-refractivity contribution in [2.75, 3.05) is 0 Å². The summed E-state index contributed by atoms with van der Waals surface area (Å²) in [5.41, 5.74) is 0.431. The van der Waals surface area contributed by atoms with Gasteiger partial charge in [0.1, 0.15) is 4.90 Å². The minimum absolute atomic E-state index is 0.112. The number of hydrogen-bond donors (Lipinski definition) is 0. The topological polar surface area (TPSA) is 4.93 Å². The standard InChI is InChI=1S/C20H30F5NSSi/c1-15(2)28(16(3)4,17(5)6)20-14-26(12-18-10-8-7-9-11-18)13-19(20)27(21,22,23,24)25/h7-11,13-17H,12H2,1-6H3. The molecule has 0 fully saturated rings. The highest BCUT2D eigenvalue weighted by Crippen LogP contribution is 3.02. The molecule has 0 bridgehead atoms. The lowest BCUT2D eigenvalue weighted by Gasteiger charge is -2.47. The van der Waals surface area contributed by atoms with E-state index in [1.54, 1.807) is 30.3 Å². The second-order valence-corrected chi connectivity index (χ2v) is 16.8. The number of aromatic nitrogens is 1. The largest absolute Gasteiger partial charge is 0.349 e. The molecular formula is C20H30F5NSSi. The van der Waals surface area contributed by atoms with Crippen LogP contribution in [0.4, 0.5) is 19.4 Å². The van der Waals surface area contributed by atoms with Gasteiger partial charge in [-0.05, 0) is 27.4 Å². The van der Waals surface area contributed by atoms with Crippen LogP contribution in [0.15, 0.2) is 47.6 Å². The molecule has 0 amide bonds. The highest BCUT2D eigenvalue weighted by molar-refractivity contribution is 8.46. The van der Waals surface area contributed by atoms with E-state index in [1.807, 2.05) is 41.5 Å². The van der Waals surface area contributed by atoms with E-state index in [1.165, 1.54) is 10.8 Å². The molecule has 160 valence electrons. The van der Waals surface area contributed by atoms with Gasteiger partial charge in [-0.3, -0.25) is 0 Å². The molecule has 1 heterocycles. The maximum atomic E-state index is 14.1. The third-order valence-electron chi connectivity index (χ3n) is 5.80. The van der Waals surface area contributed by atoms with Gasteiger partial charge in [0.05, 0.1) is 8.07 Å². The average molecular weight is 440 g/mol. The molecule has 1 aromatic carbocycles. The molecule has 0 atom stereocenters. The molecule has 2 rings (SSSR count). The number of halogens is 5. The fourth-order valence-corrected chi connectivity index (χ4v) is 13.6. The van der Waals surface area contributed by atoms with Crippen LogP contribution in [0.5, 0.6) is 0 Å². The summed E-state index contributed by atoms with van der Waals surface area (Å²) in [5, 5.41) is -0.150. The third kappa shape index (κ3) is 4.32. The number of rotatable bonds is 7. The summed E-state index contributed by atoms with van der Waals surface area (Å²) < 4.78 is 71.7. The lowest BCUT2D eigenvalue weighted by Crippen LogP contribution is -2.56. The number of hydrogen-bond acceptors (Lipinski definition) is 0. The van der Waals surface area contributed by atoms with Gasteiger partial charge >= 0.3 is 10.2 Å². The summed E-state index contributed by atoms with van der Waals surface area (Å²) in [4.78, 5) is -1.68. The molecule has 0 aliphatic heterocycles. The zero-order chi connectivity index (χ0) is 21.6. The molecule has 28 heavy (non-hydrogen) atoms. The van der Waals surface area contributed by atoms with Crippen molar-refractivity contribution in [3.05, 3.63) is 48.3 Å². The molecule has 8 heteroatoms. The SMILES string of the molecule is CC(C)[Si](c1cn(Cc2ccccc2)cc1S(F)(F)(F)(F)F)(C(C)C)C(C)C. The maximum absolute atomic E-state index is 14.1. The second-order valence-electron chi connectivity index (χ2n) is 8.56. The van der Waals surface area contributed by atoms with Gasteiger partial charge in [0.2, 0.25) is 0 Å². The Bertz CT molecular complexity index is 804. The zero-order valence-corrected chi connectivity index (χ0v) is 19.0. The van der Waals surface area contributed by atoms with Crippen LogP contribution in [0.1, 0.15) is 47.1 Å². The molecule has 0 saturated heterocycles. The predicted molar refractivity (Wildman–Crippen MR) is 112 cm³/mol. The van der Waals surface area contributed by atoms with Gasteiger partial charge in [0.15, 0.2) is 0 Å². The lowest BCUT2D eigenvalue weighted by atomic mass is 10.2. The molecule has 0 saturated carbocycles. The molecule has 2 aromatic rings.